The van der Waals surface area contributed by atoms with Gasteiger partial charge in [0.25, 0.3) is 0 Å². The molecule has 0 saturated carbocycles. The van der Waals surface area contributed by atoms with Gasteiger partial charge >= 0.3 is 5.97 Å². The molecule has 0 fully saturated rings. The zero-order chi connectivity index (χ0) is 11.8. The number of rotatable bonds is 7. The van der Waals surface area contributed by atoms with E-state index in [-0.39, 0.29) is 5.91 Å². The largest absolute Gasteiger partial charge is 0.480 e. The molecule has 0 aromatic carbocycles. The second-order valence-corrected chi connectivity index (χ2v) is 4.54. The Kier molecular flexibility index (Phi) is 7.15. The molecule has 0 radical (unpaired) electrons. The fourth-order valence-corrected chi connectivity index (χ4v) is 2.01. The van der Waals surface area contributed by atoms with E-state index in [0.717, 1.165) is 5.75 Å². The van der Waals surface area contributed by atoms with Crippen molar-refractivity contribution < 1.29 is 14.7 Å². The van der Waals surface area contributed by atoms with Crippen molar-refractivity contribution in [1.82, 2.24) is 5.32 Å². The highest BCUT2D eigenvalue weighted by molar-refractivity contribution is 7.99. The fourth-order valence-electron chi connectivity index (χ4n) is 0.875. The lowest BCUT2D eigenvalue weighted by molar-refractivity contribution is -0.140. The van der Waals surface area contributed by atoms with Crippen molar-refractivity contribution in [3.63, 3.8) is 0 Å². The van der Waals surface area contributed by atoms with Gasteiger partial charge in [-0.1, -0.05) is 6.92 Å². The number of carbonyl (C=O) groups is 2. The Morgan fingerprint density at radius 2 is 2.07 bits per heavy atom. The van der Waals surface area contributed by atoms with E-state index in [1.165, 1.54) is 18.7 Å². The normalized spacial score (nSPS) is 14.3. The molecule has 0 aromatic rings. The maximum Gasteiger partial charge on any atom is 0.327 e. The van der Waals surface area contributed by atoms with Crippen LogP contribution in [0.4, 0.5) is 0 Å². The molecule has 2 atom stereocenters. The Hall–Kier alpha value is -0.750. The van der Waals surface area contributed by atoms with E-state index >= 15 is 0 Å². The lowest BCUT2D eigenvalue weighted by Gasteiger charge is -2.14. The van der Waals surface area contributed by atoms with Crippen LogP contribution < -0.4 is 11.1 Å². The van der Waals surface area contributed by atoms with Crippen molar-refractivity contribution in [1.29, 1.82) is 0 Å². The van der Waals surface area contributed by atoms with Gasteiger partial charge in [-0.25, -0.2) is 4.79 Å². The Morgan fingerprint density at radius 1 is 1.47 bits per heavy atom. The molecule has 4 N–H and O–H groups in total. The first-order chi connectivity index (χ1) is 6.97. The molecule has 1 amide bonds. The summed E-state index contributed by atoms with van der Waals surface area (Å²) in [4.78, 5) is 21.4. The average Bonchev–Trinajstić information content (AvgIpc) is 2.15. The number of nitrogens with one attached hydrogen (secondary N) is 1. The third kappa shape index (κ3) is 7.21. The maximum absolute atomic E-state index is 10.7. The topological polar surface area (TPSA) is 92.4 Å². The summed E-state index contributed by atoms with van der Waals surface area (Å²) in [6.07, 6.45) is 0. The molecular weight excluding hydrogens is 216 g/mol. The van der Waals surface area contributed by atoms with Crippen LogP contribution >= 0.6 is 11.8 Å². The predicted octanol–water partition coefficient (Wildman–Crippen LogP) is -0.0963. The van der Waals surface area contributed by atoms with E-state index in [0.29, 0.717) is 18.2 Å². The molecule has 5 nitrogen and oxygen atoms in total. The SMILES string of the molecule is CC(=O)NC(CSCC(C)CN)C(=O)O. The first-order valence-electron chi connectivity index (χ1n) is 4.75. The summed E-state index contributed by atoms with van der Waals surface area (Å²) < 4.78 is 0. The molecular formula is C9H18N2O3S. The summed E-state index contributed by atoms with van der Waals surface area (Å²) in [7, 11) is 0. The maximum atomic E-state index is 10.7. The highest BCUT2D eigenvalue weighted by atomic mass is 32.2. The minimum absolute atomic E-state index is 0.324. The van der Waals surface area contributed by atoms with Gasteiger partial charge in [-0.05, 0) is 18.2 Å². The summed E-state index contributed by atoms with van der Waals surface area (Å²) in [5.41, 5.74) is 5.43. The van der Waals surface area contributed by atoms with Crippen LogP contribution in [0.2, 0.25) is 0 Å². The second kappa shape index (κ2) is 7.53. The summed E-state index contributed by atoms with van der Waals surface area (Å²) in [5, 5.41) is 11.2. The van der Waals surface area contributed by atoms with Gasteiger partial charge in [-0.3, -0.25) is 4.79 Å². The molecule has 88 valence electrons. The number of hydrogen-bond acceptors (Lipinski definition) is 4. The van der Waals surface area contributed by atoms with Crippen molar-refractivity contribution in [3.8, 4) is 0 Å². The van der Waals surface area contributed by atoms with Crippen molar-refractivity contribution in [2.24, 2.45) is 11.7 Å². The molecule has 0 aromatic heterocycles. The number of aliphatic carboxylic acids is 1. The lowest BCUT2D eigenvalue weighted by Crippen LogP contribution is -2.41. The number of carboxylic acids is 1. The molecule has 0 heterocycles. The standard InChI is InChI=1S/C9H18N2O3S/c1-6(3-10)4-15-5-8(9(13)14)11-7(2)12/h6,8H,3-5,10H2,1-2H3,(H,11,12)(H,13,14). The van der Waals surface area contributed by atoms with Gasteiger partial charge in [0.05, 0.1) is 0 Å². The second-order valence-electron chi connectivity index (χ2n) is 3.47. The first kappa shape index (κ1) is 14.2. The molecule has 0 aliphatic rings. The average molecular weight is 234 g/mol. The third-order valence-corrected chi connectivity index (χ3v) is 3.14. The van der Waals surface area contributed by atoms with E-state index in [4.69, 9.17) is 10.8 Å². The summed E-state index contributed by atoms with van der Waals surface area (Å²) >= 11 is 1.49. The monoisotopic (exact) mass is 234 g/mol. The van der Waals surface area contributed by atoms with Gasteiger partial charge in [0.15, 0.2) is 0 Å². The fraction of sp³-hybridized carbons (Fsp3) is 0.778. The van der Waals surface area contributed by atoms with Crippen LogP contribution in [0.5, 0.6) is 0 Å². The van der Waals surface area contributed by atoms with Crippen LogP contribution in [-0.2, 0) is 9.59 Å². The molecule has 0 saturated heterocycles. The van der Waals surface area contributed by atoms with Gasteiger partial charge in [0.1, 0.15) is 6.04 Å². The van der Waals surface area contributed by atoms with Gasteiger partial charge in [0, 0.05) is 12.7 Å². The van der Waals surface area contributed by atoms with E-state index in [2.05, 4.69) is 5.32 Å². The minimum atomic E-state index is -1.00. The lowest BCUT2D eigenvalue weighted by atomic mass is 10.2. The van der Waals surface area contributed by atoms with E-state index < -0.39 is 12.0 Å². The number of thioether (sulfide) groups is 1. The summed E-state index contributed by atoms with van der Waals surface area (Å²) in [5.74, 6) is 0.216. The van der Waals surface area contributed by atoms with Crippen LogP contribution in [0, 0.1) is 5.92 Å². The Morgan fingerprint density at radius 3 is 2.47 bits per heavy atom. The highest BCUT2D eigenvalue weighted by Gasteiger charge is 2.18. The Balaban J connectivity index is 3.86. The molecule has 15 heavy (non-hydrogen) atoms. The molecule has 0 bridgehead atoms. The van der Waals surface area contributed by atoms with Gasteiger partial charge in [-0.15, -0.1) is 0 Å². The van der Waals surface area contributed by atoms with E-state index in [1.807, 2.05) is 6.92 Å². The van der Waals surface area contributed by atoms with Gasteiger partial charge < -0.3 is 16.2 Å². The predicted molar refractivity (Wildman–Crippen MR) is 60.8 cm³/mol. The van der Waals surface area contributed by atoms with Gasteiger partial charge in [-0.2, -0.15) is 11.8 Å². The number of carbonyl (C=O) groups excluding carboxylic acids is 1. The number of carboxylic acid groups (broad SMARTS) is 1. The van der Waals surface area contributed by atoms with Crippen LogP contribution in [0.3, 0.4) is 0 Å². The Labute approximate surface area is 93.8 Å². The van der Waals surface area contributed by atoms with Crippen LogP contribution in [-0.4, -0.2) is 41.1 Å². The quantitative estimate of drug-likeness (QED) is 0.572. The van der Waals surface area contributed by atoms with Crippen LogP contribution in [0.1, 0.15) is 13.8 Å². The minimum Gasteiger partial charge on any atom is -0.480 e. The first-order valence-corrected chi connectivity index (χ1v) is 5.90. The van der Waals surface area contributed by atoms with Crippen molar-refractivity contribution in [2.75, 3.05) is 18.1 Å². The van der Waals surface area contributed by atoms with Crippen LogP contribution in [0.15, 0.2) is 0 Å². The molecule has 0 spiro atoms. The zero-order valence-electron chi connectivity index (χ0n) is 9.03. The van der Waals surface area contributed by atoms with Gasteiger partial charge in [0.2, 0.25) is 5.91 Å². The van der Waals surface area contributed by atoms with Crippen molar-refractivity contribution in [2.45, 2.75) is 19.9 Å². The number of hydrogen-bond donors (Lipinski definition) is 3. The number of amides is 1. The van der Waals surface area contributed by atoms with Crippen molar-refractivity contribution >= 4 is 23.6 Å². The van der Waals surface area contributed by atoms with E-state index in [1.54, 1.807) is 0 Å². The van der Waals surface area contributed by atoms with E-state index in [9.17, 15) is 9.59 Å². The smallest absolute Gasteiger partial charge is 0.327 e. The highest BCUT2D eigenvalue weighted by Crippen LogP contribution is 2.08. The molecule has 0 rings (SSSR count). The summed E-state index contributed by atoms with van der Waals surface area (Å²) in [6, 6.07) is -0.808. The number of nitrogens with two attached hydrogens (primary N) is 1. The Bertz CT molecular complexity index is 223. The third-order valence-electron chi connectivity index (χ3n) is 1.76. The summed E-state index contributed by atoms with van der Waals surface area (Å²) in [6.45, 7) is 3.90. The molecule has 2 unspecified atom stereocenters. The molecule has 0 aliphatic carbocycles. The van der Waals surface area contributed by atoms with Crippen LogP contribution in [0.25, 0.3) is 0 Å². The molecule has 6 heteroatoms. The molecule has 0 aliphatic heterocycles. The van der Waals surface area contributed by atoms with Crippen molar-refractivity contribution in [3.05, 3.63) is 0 Å². The zero-order valence-corrected chi connectivity index (χ0v) is 9.84.